The van der Waals surface area contributed by atoms with E-state index in [-0.39, 0.29) is 6.03 Å². The number of urea groups is 1. The van der Waals surface area contributed by atoms with Crippen molar-refractivity contribution in [2.75, 3.05) is 26.3 Å². The molecule has 1 unspecified atom stereocenters. The van der Waals surface area contributed by atoms with Crippen molar-refractivity contribution >= 4 is 6.03 Å². The number of imidazole rings is 1. The lowest BCUT2D eigenvalue weighted by molar-refractivity contribution is 0.0816. The number of likely N-dealkylation sites (tertiary alicyclic amines) is 1. The Morgan fingerprint density at radius 3 is 2.69 bits per heavy atom. The summed E-state index contributed by atoms with van der Waals surface area (Å²) in [6.45, 7) is 7.96. The van der Waals surface area contributed by atoms with E-state index in [2.05, 4.69) is 48.0 Å². The second kappa shape index (κ2) is 8.99. The molecule has 2 saturated heterocycles. The Morgan fingerprint density at radius 2 is 1.93 bits per heavy atom. The first-order valence-electron chi connectivity index (χ1n) is 10.8. The molecule has 6 heteroatoms. The highest BCUT2D eigenvalue weighted by molar-refractivity contribution is 5.74. The van der Waals surface area contributed by atoms with Gasteiger partial charge in [-0.1, -0.05) is 29.8 Å². The first-order valence-corrected chi connectivity index (χ1v) is 10.8. The molecule has 4 rings (SSSR count). The van der Waals surface area contributed by atoms with Crippen molar-refractivity contribution in [2.45, 2.75) is 58.0 Å². The van der Waals surface area contributed by atoms with Gasteiger partial charge in [-0.25, -0.2) is 9.78 Å². The van der Waals surface area contributed by atoms with Crippen LogP contribution in [0.4, 0.5) is 4.79 Å². The first-order chi connectivity index (χ1) is 14.1. The predicted octanol–water partition coefficient (Wildman–Crippen LogP) is 3.94. The highest BCUT2D eigenvalue weighted by Crippen LogP contribution is 2.32. The third-order valence-electron chi connectivity index (χ3n) is 6.21. The number of aromatic nitrogens is 2. The van der Waals surface area contributed by atoms with Gasteiger partial charge in [0.15, 0.2) is 0 Å². The number of hydrogen-bond donors (Lipinski definition) is 1. The standard InChI is InChI=1S/C23H32N4O2/c1-17-5-7-19(8-6-17)15-25-23(28)26-11-3-4-21(16-26)27-18(2)14-24-22(27)20-9-12-29-13-10-20/h5-8,14,20-21H,3-4,9-13,15-16H2,1-2H3,(H,25,28). The third-order valence-corrected chi connectivity index (χ3v) is 6.21. The Labute approximate surface area is 173 Å². The fraction of sp³-hybridized carbons (Fsp3) is 0.565. The summed E-state index contributed by atoms with van der Waals surface area (Å²) in [6.07, 6.45) is 6.16. The number of rotatable bonds is 4. The van der Waals surface area contributed by atoms with Gasteiger partial charge in [0, 0.05) is 50.7 Å². The summed E-state index contributed by atoms with van der Waals surface area (Å²) in [4.78, 5) is 19.5. The number of ether oxygens (including phenoxy) is 1. The number of hydrogen-bond acceptors (Lipinski definition) is 3. The second-order valence-electron chi connectivity index (χ2n) is 8.40. The zero-order valence-corrected chi connectivity index (χ0v) is 17.6. The second-order valence-corrected chi connectivity index (χ2v) is 8.40. The molecule has 6 nitrogen and oxygen atoms in total. The first kappa shape index (κ1) is 20.0. The Morgan fingerprint density at radius 1 is 1.17 bits per heavy atom. The van der Waals surface area contributed by atoms with Gasteiger partial charge in [-0.15, -0.1) is 0 Å². The van der Waals surface area contributed by atoms with Gasteiger partial charge in [-0.3, -0.25) is 0 Å². The number of aryl methyl sites for hydroxylation is 2. The van der Waals surface area contributed by atoms with Gasteiger partial charge in [0.2, 0.25) is 0 Å². The van der Waals surface area contributed by atoms with Crippen molar-refractivity contribution in [3.63, 3.8) is 0 Å². The normalized spacial score (nSPS) is 20.6. The number of carbonyl (C=O) groups is 1. The van der Waals surface area contributed by atoms with Gasteiger partial charge in [0.05, 0.1) is 6.04 Å². The lowest BCUT2D eigenvalue weighted by Crippen LogP contribution is -2.46. The van der Waals surface area contributed by atoms with Crippen molar-refractivity contribution in [2.24, 2.45) is 0 Å². The van der Waals surface area contributed by atoms with Crippen LogP contribution >= 0.6 is 0 Å². The molecular weight excluding hydrogens is 364 g/mol. The summed E-state index contributed by atoms with van der Waals surface area (Å²) in [6, 6.07) is 8.64. The average Bonchev–Trinajstić information content (AvgIpc) is 3.15. The molecule has 2 fully saturated rings. The Kier molecular flexibility index (Phi) is 6.19. The molecule has 0 radical (unpaired) electrons. The van der Waals surface area contributed by atoms with Gasteiger partial charge in [-0.2, -0.15) is 0 Å². The molecule has 0 bridgehead atoms. The van der Waals surface area contributed by atoms with Gasteiger partial charge in [0.25, 0.3) is 0 Å². The van der Waals surface area contributed by atoms with Crippen molar-refractivity contribution in [1.29, 1.82) is 0 Å². The molecule has 156 valence electrons. The van der Waals surface area contributed by atoms with E-state index in [4.69, 9.17) is 9.72 Å². The van der Waals surface area contributed by atoms with Crippen molar-refractivity contribution < 1.29 is 9.53 Å². The molecule has 3 heterocycles. The number of benzene rings is 1. The van der Waals surface area contributed by atoms with Crippen LogP contribution in [0.1, 0.15) is 60.3 Å². The quantitative estimate of drug-likeness (QED) is 0.852. The molecule has 2 amide bonds. The zero-order valence-electron chi connectivity index (χ0n) is 17.6. The van der Waals surface area contributed by atoms with Gasteiger partial charge < -0.3 is 19.5 Å². The van der Waals surface area contributed by atoms with Crippen LogP contribution in [-0.2, 0) is 11.3 Å². The minimum Gasteiger partial charge on any atom is -0.381 e. The summed E-state index contributed by atoms with van der Waals surface area (Å²) >= 11 is 0. The van der Waals surface area contributed by atoms with Crippen LogP contribution in [0.5, 0.6) is 0 Å². The molecular formula is C23H32N4O2. The summed E-state index contributed by atoms with van der Waals surface area (Å²) in [5.41, 5.74) is 3.55. The molecule has 2 aliphatic heterocycles. The zero-order chi connectivity index (χ0) is 20.2. The summed E-state index contributed by atoms with van der Waals surface area (Å²) < 4.78 is 7.93. The predicted molar refractivity (Wildman–Crippen MR) is 113 cm³/mol. The van der Waals surface area contributed by atoms with E-state index in [1.54, 1.807) is 0 Å². The number of carbonyl (C=O) groups excluding carboxylic acids is 1. The Balaban J connectivity index is 1.41. The van der Waals surface area contributed by atoms with Crippen molar-refractivity contribution in [3.8, 4) is 0 Å². The topological polar surface area (TPSA) is 59.4 Å². The molecule has 29 heavy (non-hydrogen) atoms. The maximum Gasteiger partial charge on any atom is 0.317 e. The maximum absolute atomic E-state index is 12.8. The fourth-order valence-electron chi connectivity index (χ4n) is 4.54. The van der Waals surface area contributed by atoms with E-state index in [1.807, 2.05) is 11.1 Å². The molecule has 1 aromatic heterocycles. The minimum atomic E-state index is 0.0284. The maximum atomic E-state index is 12.8. The summed E-state index contributed by atoms with van der Waals surface area (Å²) in [5.74, 6) is 1.64. The van der Waals surface area contributed by atoms with Crippen LogP contribution in [0.3, 0.4) is 0 Å². The molecule has 2 aliphatic rings. The van der Waals surface area contributed by atoms with Crippen molar-refractivity contribution in [3.05, 3.63) is 53.1 Å². The average molecular weight is 397 g/mol. The Bertz CT molecular complexity index is 824. The molecule has 1 N–H and O–H groups in total. The fourth-order valence-corrected chi connectivity index (χ4v) is 4.54. The van der Waals surface area contributed by atoms with Crippen molar-refractivity contribution in [1.82, 2.24) is 19.8 Å². The molecule has 1 atom stereocenters. The van der Waals surface area contributed by atoms with Crippen LogP contribution in [0, 0.1) is 13.8 Å². The number of piperidine rings is 1. The third kappa shape index (κ3) is 4.64. The lowest BCUT2D eigenvalue weighted by atomic mass is 9.98. The van der Waals surface area contributed by atoms with E-state index in [1.165, 1.54) is 17.1 Å². The van der Waals surface area contributed by atoms with Crippen LogP contribution < -0.4 is 5.32 Å². The van der Waals surface area contributed by atoms with E-state index in [9.17, 15) is 4.79 Å². The molecule has 0 aliphatic carbocycles. The van der Waals surface area contributed by atoms with Gasteiger partial charge in [-0.05, 0) is 45.1 Å². The molecule has 0 spiro atoms. The molecule has 2 aromatic rings. The lowest BCUT2D eigenvalue weighted by Gasteiger charge is -2.36. The molecule has 0 saturated carbocycles. The van der Waals surface area contributed by atoms with E-state index >= 15 is 0 Å². The van der Waals surface area contributed by atoms with Crippen LogP contribution in [0.2, 0.25) is 0 Å². The largest absolute Gasteiger partial charge is 0.381 e. The summed E-state index contributed by atoms with van der Waals surface area (Å²) in [5, 5.41) is 3.09. The minimum absolute atomic E-state index is 0.0284. The summed E-state index contributed by atoms with van der Waals surface area (Å²) in [7, 11) is 0. The molecule has 1 aromatic carbocycles. The van der Waals surface area contributed by atoms with Gasteiger partial charge >= 0.3 is 6.03 Å². The van der Waals surface area contributed by atoms with Crippen LogP contribution in [0.25, 0.3) is 0 Å². The SMILES string of the molecule is Cc1ccc(CNC(=O)N2CCCC(n3c(C)cnc3C3CCOCC3)C2)cc1. The monoisotopic (exact) mass is 396 g/mol. The Hall–Kier alpha value is -2.34. The van der Waals surface area contributed by atoms with Crippen LogP contribution in [-0.4, -0.2) is 46.8 Å². The highest BCUT2D eigenvalue weighted by atomic mass is 16.5. The smallest absolute Gasteiger partial charge is 0.317 e. The number of nitrogens with zero attached hydrogens (tertiary/aromatic N) is 3. The van der Waals surface area contributed by atoms with Gasteiger partial charge in [0.1, 0.15) is 5.82 Å². The van der Waals surface area contributed by atoms with E-state index in [0.717, 1.165) is 57.6 Å². The highest BCUT2D eigenvalue weighted by Gasteiger charge is 2.29. The number of nitrogens with one attached hydrogen (secondary N) is 1. The number of amides is 2. The van der Waals surface area contributed by atoms with E-state index < -0.39 is 0 Å². The van der Waals surface area contributed by atoms with Crippen LogP contribution in [0.15, 0.2) is 30.5 Å². The van der Waals surface area contributed by atoms with E-state index in [0.29, 0.717) is 18.5 Å².